The van der Waals surface area contributed by atoms with Gasteiger partial charge in [0.15, 0.2) is 0 Å². The van der Waals surface area contributed by atoms with Crippen molar-refractivity contribution >= 4 is 61.5 Å². The van der Waals surface area contributed by atoms with Gasteiger partial charge in [0.1, 0.15) is 0 Å². The Labute approximate surface area is 225 Å². The van der Waals surface area contributed by atoms with Crippen LogP contribution in [0, 0.1) is 0 Å². The molecule has 12 heteroatoms. The topological polar surface area (TPSA) is 89.2 Å². The minimum atomic E-state index is -4.52. The molecule has 1 aliphatic heterocycles. The van der Waals surface area contributed by atoms with E-state index in [1.165, 1.54) is 29.5 Å². The van der Waals surface area contributed by atoms with Crippen molar-refractivity contribution in [3.05, 3.63) is 71.2 Å². The Morgan fingerprint density at radius 2 is 1.82 bits per heavy atom. The lowest BCUT2D eigenvalue weighted by molar-refractivity contribution is -0.136. The highest BCUT2D eigenvalue weighted by molar-refractivity contribution is 7.16. The maximum Gasteiger partial charge on any atom is 0.418 e. The number of benzene rings is 3. The molecule has 3 N–H and O–H groups in total. The summed E-state index contributed by atoms with van der Waals surface area (Å²) in [5.41, 5.74) is 4.50. The summed E-state index contributed by atoms with van der Waals surface area (Å²) in [5.74, 6) is -0.155. The van der Waals surface area contributed by atoms with Crippen molar-refractivity contribution in [2.75, 3.05) is 48.8 Å². The second-order valence-corrected chi connectivity index (χ2v) is 10.3. The van der Waals surface area contributed by atoms with Gasteiger partial charge in [-0.15, -0.1) is 11.3 Å². The number of aromatic nitrogens is 3. The number of anilines is 4. The predicted molar refractivity (Wildman–Crippen MR) is 148 cm³/mol. The normalized spacial score (nSPS) is 14.7. The summed E-state index contributed by atoms with van der Waals surface area (Å²) in [6, 6.07) is 14.3. The van der Waals surface area contributed by atoms with Crippen molar-refractivity contribution in [2.24, 2.45) is 0 Å². The number of fused-ring (bicyclic) bond motifs is 2. The highest BCUT2D eigenvalue weighted by Crippen LogP contribution is 2.36. The lowest BCUT2D eigenvalue weighted by atomic mass is 10.1. The van der Waals surface area contributed by atoms with E-state index in [4.69, 9.17) is 0 Å². The highest BCUT2D eigenvalue weighted by atomic mass is 32.1. The van der Waals surface area contributed by atoms with Crippen molar-refractivity contribution in [1.82, 2.24) is 19.9 Å². The molecule has 3 heterocycles. The zero-order chi connectivity index (χ0) is 27.1. The van der Waals surface area contributed by atoms with Crippen LogP contribution in [0.5, 0.6) is 0 Å². The number of likely N-dealkylation sites (N-methyl/N-ethyl adjacent to an activating group) is 1. The van der Waals surface area contributed by atoms with Gasteiger partial charge in [-0.2, -0.15) is 13.2 Å². The fraction of sp³-hybridized carbons (Fsp3) is 0.222. The molecule has 0 spiro atoms. The van der Waals surface area contributed by atoms with Gasteiger partial charge in [-0.3, -0.25) is 4.79 Å². The number of rotatable bonds is 5. The maximum absolute atomic E-state index is 13.6. The monoisotopic (exact) mass is 551 g/mol. The number of hydrogen-bond acceptors (Lipinski definition) is 7. The van der Waals surface area contributed by atoms with E-state index in [9.17, 15) is 18.0 Å². The molecule has 1 aliphatic rings. The van der Waals surface area contributed by atoms with Crippen molar-refractivity contribution in [2.45, 2.75) is 6.18 Å². The second-order valence-electron chi connectivity index (χ2n) is 9.42. The molecule has 0 aliphatic carbocycles. The summed E-state index contributed by atoms with van der Waals surface area (Å²) >= 11 is 1.52. The first-order valence-corrected chi connectivity index (χ1v) is 13.2. The minimum absolute atomic E-state index is 0.112. The number of para-hydroxylation sites is 1. The number of amides is 1. The maximum atomic E-state index is 13.6. The largest absolute Gasteiger partial charge is 0.418 e. The molecule has 0 unspecified atom stereocenters. The average molecular weight is 552 g/mol. The molecule has 0 saturated carbocycles. The average Bonchev–Trinajstić information content (AvgIpc) is 3.53. The lowest BCUT2D eigenvalue weighted by Gasteiger charge is -2.35. The third-order valence-corrected chi connectivity index (χ3v) is 7.57. The van der Waals surface area contributed by atoms with E-state index in [0.717, 1.165) is 48.1 Å². The smallest absolute Gasteiger partial charge is 0.368 e. The Kier molecular flexibility index (Phi) is 6.35. The Hall–Kier alpha value is -4.16. The van der Waals surface area contributed by atoms with Gasteiger partial charge in [0.05, 0.1) is 49.3 Å². The number of nitrogens with one attached hydrogen (secondary N) is 3. The second kappa shape index (κ2) is 9.86. The van der Waals surface area contributed by atoms with Crippen LogP contribution in [0.15, 0.2) is 60.1 Å². The zero-order valence-corrected chi connectivity index (χ0v) is 21.7. The van der Waals surface area contributed by atoms with Gasteiger partial charge in [-0.1, -0.05) is 12.1 Å². The van der Waals surface area contributed by atoms with Crippen molar-refractivity contribution in [3.8, 4) is 0 Å². The number of hydrogen-bond donors (Lipinski definition) is 3. The standard InChI is InChI=1S/C27H24F3N7OS/c1-36-8-10-37(11-9-36)23-14-21-20(34-26(35-21)33-19-5-3-2-4-18(19)27(28,29)30)13-17(23)25(38)32-16-6-7-24-22(12-16)31-15-39-24/h2-7,12-15H,8-11H2,1H3,(H,32,38)(H2,33,34,35). The third kappa shape index (κ3) is 5.12. The molecular formula is C27H24F3N7OS. The van der Waals surface area contributed by atoms with Gasteiger partial charge >= 0.3 is 6.18 Å². The van der Waals surface area contributed by atoms with E-state index in [1.54, 1.807) is 11.6 Å². The number of carbonyl (C=O) groups is 1. The van der Waals surface area contributed by atoms with Crippen LogP contribution in [0.3, 0.4) is 0 Å². The molecule has 39 heavy (non-hydrogen) atoms. The number of H-pyrrole nitrogens is 1. The van der Waals surface area contributed by atoms with Crippen molar-refractivity contribution in [3.63, 3.8) is 0 Å². The van der Waals surface area contributed by atoms with E-state index >= 15 is 0 Å². The summed E-state index contributed by atoms with van der Waals surface area (Å²) in [7, 11) is 2.05. The summed E-state index contributed by atoms with van der Waals surface area (Å²) < 4.78 is 41.5. The number of piperazine rings is 1. The number of aromatic amines is 1. The number of alkyl halides is 3. The molecule has 1 fully saturated rings. The minimum Gasteiger partial charge on any atom is -0.368 e. The third-order valence-electron chi connectivity index (χ3n) is 6.76. The van der Waals surface area contributed by atoms with Crippen LogP contribution in [-0.2, 0) is 6.18 Å². The zero-order valence-electron chi connectivity index (χ0n) is 20.8. The predicted octanol–water partition coefficient (Wildman–Crippen LogP) is 5.94. The molecule has 0 bridgehead atoms. The SMILES string of the molecule is CN1CCN(c2cc3[nH]c(Nc4ccccc4C(F)(F)F)nc3cc2C(=O)Nc2ccc3scnc3c2)CC1. The number of imidazole rings is 1. The highest BCUT2D eigenvalue weighted by Gasteiger charge is 2.33. The van der Waals surface area contributed by atoms with E-state index < -0.39 is 11.7 Å². The van der Waals surface area contributed by atoms with Gasteiger partial charge in [0, 0.05) is 31.9 Å². The van der Waals surface area contributed by atoms with Crippen LogP contribution < -0.4 is 15.5 Å². The molecule has 5 aromatic rings. The molecular weight excluding hydrogens is 527 g/mol. The first-order chi connectivity index (χ1) is 18.7. The van der Waals surface area contributed by atoms with Gasteiger partial charge < -0.3 is 25.4 Å². The quantitative estimate of drug-likeness (QED) is 0.251. The van der Waals surface area contributed by atoms with Crippen LogP contribution in [0.1, 0.15) is 15.9 Å². The summed E-state index contributed by atoms with van der Waals surface area (Å²) in [5, 5.41) is 5.74. The van der Waals surface area contributed by atoms with Crippen LogP contribution in [-0.4, -0.2) is 59.0 Å². The summed E-state index contributed by atoms with van der Waals surface area (Å²) in [6.07, 6.45) is -4.52. The van der Waals surface area contributed by atoms with E-state index in [2.05, 4.69) is 35.4 Å². The summed E-state index contributed by atoms with van der Waals surface area (Å²) in [4.78, 5) is 29.8. The fourth-order valence-corrected chi connectivity index (χ4v) is 5.36. The first-order valence-electron chi connectivity index (χ1n) is 12.3. The molecule has 8 nitrogen and oxygen atoms in total. The van der Waals surface area contributed by atoms with Crippen LogP contribution in [0.4, 0.5) is 36.2 Å². The first kappa shape index (κ1) is 25.1. The molecule has 0 atom stereocenters. The van der Waals surface area contributed by atoms with Gasteiger partial charge in [0.25, 0.3) is 5.91 Å². The number of thiazole rings is 1. The van der Waals surface area contributed by atoms with Crippen LogP contribution in [0.25, 0.3) is 21.3 Å². The Balaban J connectivity index is 1.36. The molecule has 0 radical (unpaired) electrons. The lowest BCUT2D eigenvalue weighted by Crippen LogP contribution is -2.45. The van der Waals surface area contributed by atoms with E-state index in [0.29, 0.717) is 22.3 Å². The van der Waals surface area contributed by atoms with Crippen LogP contribution in [0.2, 0.25) is 0 Å². The molecule has 3 aromatic carbocycles. The Bertz CT molecular complexity index is 1670. The Morgan fingerprint density at radius 3 is 2.62 bits per heavy atom. The molecule has 200 valence electrons. The number of nitrogens with zero attached hydrogens (tertiary/aromatic N) is 4. The number of carbonyl (C=O) groups excluding carboxylic acids is 1. The summed E-state index contributed by atoms with van der Waals surface area (Å²) in [6.45, 7) is 3.13. The van der Waals surface area contributed by atoms with Crippen LogP contribution >= 0.6 is 11.3 Å². The van der Waals surface area contributed by atoms with E-state index in [-0.39, 0.29) is 17.5 Å². The van der Waals surface area contributed by atoms with E-state index in [1.807, 2.05) is 31.3 Å². The molecule has 2 aromatic heterocycles. The Morgan fingerprint density at radius 1 is 1.03 bits per heavy atom. The van der Waals surface area contributed by atoms with Crippen molar-refractivity contribution in [1.29, 1.82) is 0 Å². The van der Waals surface area contributed by atoms with Gasteiger partial charge in [-0.05, 0) is 49.5 Å². The molecule has 6 rings (SSSR count). The number of halogens is 3. The fourth-order valence-electron chi connectivity index (χ4n) is 4.70. The van der Waals surface area contributed by atoms with Gasteiger partial charge in [-0.25, -0.2) is 9.97 Å². The van der Waals surface area contributed by atoms with Crippen molar-refractivity contribution < 1.29 is 18.0 Å². The molecule has 1 amide bonds. The van der Waals surface area contributed by atoms with Gasteiger partial charge in [0.2, 0.25) is 5.95 Å². The molecule has 1 saturated heterocycles.